The Bertz CT molecular complexity index is 2340. The maximum atomic E-state index is 12.7. The Morgan fingerprint density at radius 3 is 1.82 bits per heavy atom. The van der Waals surface area contributed by atoms with Crippen LogP contribution in [0.2, 0.25) is 0 Å². The summed E-state index contributed by atoms with van der Waals surface area (Å²) in [6, 6.07) is 43.3. The van der Waals surface area contributed by atoms with E-state index in [0.717, 1.165) is 49.5 Å². The molecule has 60 heavy (non-hydrogen) atoms. The number of carbonyl (C=O) groups is 2. The number of hydrogen-bond acceptors (Lipinski definition) is 3. The summed E-state index contributed by atoms with van der Waals surface area (Å²) in [7, 11) is 0. The van der Waals surface area contributed by atoms with Gasteiger partial charge in [-0.15, -0.1) is 0 Å². The van der Waals surface area contributed by atoms with Crippen molar-refractivity contribution in [3.05, 3.63) is 167 Å². The number of carboxylic acids is 1. The van der Waals surface area contributed by atoms with Crippen LogP contribution in [-0.4, -0.2) is 48.1 Å². The molecule has 2 heterocycles. The van der Waals surface area contributed by atoms with Gasteiger partial charge in [-0.2, -0.15) is 13.2 Å². The molecule has 0 radical (unpaired) electrons. The summed E-state index contributed by atoms with van der Waals surface area (Å²) in [5.41, 5.74) is 4.61. The lowest BCUT2D eigenvalue weighted by atomic mass is 9.87. The molecule has 0 spiro atoms. The molecule has 2 aliphatic heterocycles. The van der Waals surface area contributed by atoms with Crippen molar-refractivity contribution in [2.75, 3.05) is 26.2 Å². The van der Waals surface area contributed by atoms with Gasteiger partial charge in [0.15, 0.2) is 0 Å². The highest BCUT2D eigenvalue weighted by Crippen LogP contribution is 2.34. The molecule has 5 nitrogen and oxygen atoms in total. The van der Waals surface area contributed by atoms with Crippen LogP contribution in [-0.2, 0) is 28.6 Å². The third-order valence-electron chi connectivity index (χ3n) is 11.9. The molecule has 6 aromatic rings. The number of fused-ring (bicyclic) bond motifs is 2. The zero-order chi connectivity index (χ0) is 42.6. The molecule has 1 amide bonds. The van der Waals surface area contributed by atoms with E-state index in [1.807, 2.05) is 6.07 Å². The minimum Gasteiger partial charge on any atom is -0.481 e. The Morgan fingerprint density at radius 2 is 1.25 bits per heavy atom. The fourth-order valence-corrected chi connectivity index (χ4v) is 8.92. The highest BCUT2D eigenvalue weighted by Gasteiger charge is 2.31. The molecule has 314 valence electrons. The summed E-state index contributed by atoms with van der Waals surface area (Å²) >= 11 is 0. The number of nitrogens with zero attached hydrogens (tertiary/aromatic N) is 1. The van der Waals surface area contributed by atoms with Gasteiger partial charge in [-0.25, -0.2) is 0 Å². The number of aryl methyl sites for hydroxylation is 1. The fraction of sp³-hybridized carbons (Fsp3) is 0.346. The molecule has 0 saturated carbocycles. The van der Waals surface area contributed by atoms with Crippen LogP contribution in [0.1, 0.15) is 84.7 Å². The molecule has 2 saturated heterocycles. The van der Waals surface area contributed by atoms with Gasteiger partial charge in [-0.1, -0.05) is 147 Å². The first-order valence-corrected chi connectivity index (χ1v) is 21.2. The summed E-state index contributed by atoms with van der Waals surface area (Å²) in [5, 5.41) is 17.3. The van der Waals surface area contributed by atoms with Crippen LogP contribution in [0.4, 0.5) is 13.2 Å². The molecule has 2 fully saturated rings. The number of benzene rings is 6. The average Bonchev–Trinajstić information content (AvgIpc) is 3.93. The monoisotopic (exact) mass is 814 g/mol. The van der Waals surface area contributed by atoms with Crippen LogP contribution in [0, 0.1) is 18.8 Å². The van der Waals surface area contributed by atoms with Crippen LogP contribution in [0.5, 0.6) is 0 Å². The maximum Gasteiger partial charge on any atom is 0.416 e. The van der Waals surface area contributed by atoms with Crippen LogP contribution < -0.4 is 5.32 Å². The van der Waals surface area contributed by atoms with Gasteiger partial charge in [-0.3, -0.25) is 9.59 Å². The predicted molar refractivity (Wildman–Crippen MR) is 237 cm³/mol. The van der Waals surface area contributed by atoms with E-state index in [-0.39, 0.29) is 11.5 Å². The Kier molecular flexibility index (Phi) is 15.2. The number of alkyl halides is 3. The Morgan fingerprint density at radius 1 is 0.700 bits per heavy atom. The number of hydrogen-bond donors (Lipinski definition) is 2. The molecule has 0 aliphatic carbocycles. The number of carboxylic acid groups (broad SMARTS) is 1. The van der Waals surface area contributed by atoms with Crippen molar-refractivity contribution in [1.82, 2.24) is 10.2 Å². The predicted octanol–water partition coefficient (Wildman–Crippen LogP) is 12.0. The molecule has 0 unspecified atom stereocenters. The Labute approximate surface area is 352 Å². The maximum absolute atomic E-state index is 12.7. The second-order valence-corrected chi connectivity index (χ2v) is 16.7. The van der Waals surface area contributed by atoms with Crippen molar-refractivity contribution in [3.8, 4) is 0 Å². The fourth-order valence-electron chi connectivity index (χ4n) is 8.92. The van der Waals surface area contributed by atoms with E-state index in [1.54, 1.807) is 0 Å². The topological polar surface area (TPSA) is 69.6 Å². The molecule has 0 bridgehead atoms. The number of rotatable bonds is 10. The van der Waals surface area contributed by atoms with Crippen LogP contribution in [0.15, 0.2) is 133 Å². The summed E-state index contributed by atoms with van der Waals surface area (Å²) in [6.07, 6.45) is 0.610. The van der Waals surface area contributed by atoms with E-state index >= 15 is 0 Å². The van der Waals surface area contributed by atoms with Crippen molar-refractivity contribution in [2.45, 2.75) is 77.3 Å². The summed E-state index contributed by atoms with van der Waals surface area (Å²) in [6.45, 7) is 11.0. The van der Waals surface area contributed by atoms with E-state index in [1.165, 1.54) is 76.3 Å². The van der Waals surface area contributed by atoms with Crippen molar-refractivity contribution >= 4 is 33.4 Å². The van der Waals surface area contributed by atoms with Gasteiger partial charge >= 0.3 is 12.1 Å². The number of nitrogens with one attached hydrogen (secondary N) is 1. The van der Waals surface area contributed by atoms with E-state index in [9.17, 15) is 22.8 Å². The normalized spacial score (nSPS) is 17.3. The van der Waals surface area contributed by atoms with Gasteiger partial charge in [0.1, 0.15) is 0 Å². The lowest BCUT2D eigenvalue weighted by Gasteiger charge is -2.20. The van der Waals surface area contributed by atoms with Gasteiger partial charge in [0.05, 0.1) is 18.4 Å². The number of likely N-dealkylation sites (tertiary alicyclic amines) is 1. The molecule has 4 atom stereocenters. The molecular weight excluding hydrogens is 758 g/mol. The van der Waals surface area contributed by atoms with Gasteiger partial charge in [0.2, 0.25) is 5.91 Å². The first-order chi connectivity index (χ1) is 28.8. The van der Waals surface area contributed by atoms with Crippen molar-refractivity contribution < 1.29 is 27.9 Å². The second-order valence-electron chi connectivity index (χ2n) is 16.7. The highest BCUT2D eigenvalue weighted by molar-refractivity contribution is 5.87. The van der Waals surface area contributed by atoms with Crippen molar-refractivity contribution in [2.24, 2.45) is 11.8 Å². The first kappa shape index (κ1) is 44.1. The van der Waals surface area contributed by atoms with Gasteiger partial charge in [0, 0.05) is 13.1 Å². The van der Waals surface area contributed by atoms with Crippen LogP contribution in [0.3, 0.4) is 0 Å². The molecule has 2 N–H and O–H groups in total. The van der Waals surface area contributed by atoms with Gasteiger partial charge < -0.3 is 15.3 Å². The van der Waals surface area contributed by atoms with Crippen molar-refractivity contribution in [1.29, 1.82) is 0 Å². The molecule has 8 rings (SSSR count). The van der Waals surface area contributed by atoms with E-state index in [4.69, 9.17) is 5.11 Å². The lowest BCUT2D eigenvalue weighted by Crippen LogP contribution is -2.30. The van der Waals surface area contributed by atoms with E-state index in [2.05, 4.69) is 134 Å². The first-order valence-electron chi connectivity index (χ1n) is 21.2. The van der Waals surface area contributed by atoms with Crippen molar-refractivity contribution in [3.63, 3.8) is 0 Å². The van der Waals surface area contributed by atoms with Gasteiger partial charge in [-0.05, 0) is 119 Å². The zero-order valence-electron chi connectivity index (χ0n) is 34.9. The van der Waals surface area contributed by atoms with E-state index in [0.29, 0.717) is 24.2 Å². The Balaban J connectivity index is 0.000000162. The number of amides is 1. The van der Waals surface area contributed by atoms with Gasteiger partial charge in [0.25, 0.3) is 0 Å². The molecule has 8 heteroatoms. The molecule has 2 aliphatic rings. The number of aliphatic carboxylic acids is 1. The zero-order valence-corrected chi connectivity index (χ0v) is 34.9. The van der Waals surface area contributed by atoms with E-state index < -0.39 is 24.1 Å². The molecular formula is C52H57F3N2O3. The molecule has 0 aromatic heterocycles. The largest absolute Gasteiger partial charge is 0.481 e. The van der Waals surface area contributed by atoms with Crippen LogP contribution >= 0.6 is 0 Å². The Hall–Kier alpha value is -5.47. The summed E-state index contributed by atoms with van der Waals surface area (Å²) in [4.78, 5) is 25.0. The number of halogens is 3. The molecule has 6 aromatic carbocycles. The quantitative estimate of drug-likeness (QED) is 0.145. The summed E-state index contributed by atoms with van der Waals surface area (Å²) < 4.78 is 36.5. The highest BCUT2D eigenvalue weighted by atomic mass is 19.4. The summed E-state index contributed by atoms with van der Waals surface area (Å²) in [5.74, 6) is 1.73. The smallest absolute Gasteiger partial charge is 0.416 e. The lowest BCUT2D eigenvalue weighted by molar-refractivity contribution is -0.138. The minimum absolute atomic E-state index is 0.146. The number of carbonyl (C=O) groups excluding carboxylic acids is 1. The third kappa shape index (κ3) is 12.3. The van der Waals surface area contributed by atoms with Crippen LogP contribution in [0.25, 0.3) is 21.5 Å². The third-order valence-corrected chi connectivity index (χ3v) is 11.9. The SMILES string of the molecule is C[C@@H](C[C@H]1CCNC1)c1cccc2ccccc12.Cc1cccc(CC(=O)N2CC[C@H](C[C@H](C)c3cccc4ccccc34)C2)c1.O=C(O)Cc1cccc(C(F)(F)F)c1. The average molecular weight is 815 g/mol. The minimum atomic E-state index is -4.42. The standard InChI is InChI=1S/C26H29NO.C17H21N.C9H7F3O2/c1-19-7-5-8-21(15-19)17-26(28)27-14-13-22(18-27)16-20(2)24-12-6-10-23-9-3-4-11-25(23)24;1-13(11-14-9-10-18-12-14)16-8-4-6-15-5-2-3-7-17(15)16;10-9(11,12)7-3-1-2-6(4-7)5-8(13)14/h3-12,15,20,22H,13-14,16-18H2,1-2H3;2-8,13-14,18H,9-12H2,1H3;1-4H,5H2,(H,13,14)/t20-,22+;13-,14+;/m00./s1. The second kappa shape index (κ2) is 20.7.